The fraction of sp³-hybridized carbons (Fsp3) is 0.633. The summed E-state index contributed by atoms with van der Waals surface area (Å²) >= 11 is 0. The molecule has 23 heteroatoms. The van der Waals surface area contributed by atoms with E-state index in [-0.39, 0.29) is 82.5 Å². The molecule has 5 atom stereocenters. The first-order valence-electron chi connectivity index (χ1n) is 17.2. The van der Waals surface area contributed by atoms with Crippen LogP contribution in [0, 0.1) is 0 Å². The lowest BCUT2D eigenvalue weighted by Gasteiger charge is -2.26. The molecule has 1 aromatic heterocycles. The van der Waals surface area contributed by atoms with Gasteiger partial charge in [-0.25, -0.2) is 9.78 Å². The summed E-state index contributed by atoms with van der Waals surface area (Å²) in [6.07, 6.45) is 5.01. The quantitative estimate of drug-likeness (QED) is 0.0227. The van der Waals surface area contributed by atoms with Crippen LogP contribution in [0.15, 0.2) is 27.5 Å². The predicted octanol–water partition coefficient (Wildman–Crippen LogP) is -5.41. The number of carboxylic acids is 1. The Hall–Kier alpha value is -5.71. The number of amides is 4. The third kappa shape index (κ3) is 20.1. The number of aliphatic carboxylic acids is 1. The third-order valence-corrected chi connectivity index (χ3v) is 7.63. The van der Waals surface area contributed by atoms with Gasteiger partial charge in [0.05, 0.1) is 12.4 Å². The molecule has 0 unspecified atom stereocenters. The van der Waals surface area contributed by atoms with E-state index in [1.807, 2.05) is 0 Å². The molecule has 22 N–H and O–H groups in total. The summed E-state index contributed by atoms with van der Waals surface area (Å²) in [6.45, 7) is 0.863. The highest BCUT2D eigenvalue weighted by Gasteiger charge is 2.32. The van der Waals surface area contributed by atoms with Crippen LogP contribution in [0.4, 0.5) is 0 Å². The number of nitrogens with zero attached hydrogens (tertiary/aromatic N) is 4. The molecule has 0 aliphatic heterocycles. The Morgan fingerprint density at radius 3 is 1.55 bits per heavy atom. The Morgan fingerprint density at radius 1 is 0.642 bits per heavy atom. The van der Waals surface area contributed by atoms with Crippen LogP contribution in [0.1, 0.15) is 63.5 Å². The van der Waals surface area contributed by atoms with Gasteiger partial charge in [0, 0.05) is 37.9 Å². The number of carbonyl (C=O) groups is 5. The van der Waals surface area contributed by atoms with E-state index in [0.29, 0.717) is 31.5 Å². The molecule has 0 spiro atoms. The number of carbonyl (C=O) groups excluding carboxylic acids is 4. The summed E-state index contributed by atoms with van der Waals surface area (Å²) in [6, 6.07) is -5.95. The van der Waals surface area contributed by atoms with Crippen molar-refractivity contribution < 1.29 is 29.1 Å². The topological polar surface area (TPSA) is 428 Å². The summed E-state index contributed by atoms with van der Waals surface area (Å²) in [4.78, 5) is 84.4. The van der Waals surface area contributed by atoms with Gasteiger partial charge < -0.3 is 77.2 Å². The molecule has 0 aromatic carbocycles. The van der Waals surface area contributed by atoms with Crippen LogP contribution in [0.5, 0.6) is 0 Å². The van der Waals surface area contributed by atoms with Crippen LogP contribution in [0.2, 0.25) is 0 Å². The van der Waals surface area contributed by atoms with E-state index < -0.39 is 59.8 Å². The van der Waals surface area contributed by atoms with Crippen LogP contribution in [-0.2, 0) is 30.4 Å². The molecule has 0 saturated carbocycles. The molecule has 23 nitrogen and oxygen atoms in total. The van der Waals surface area contributed by atoms with E-state index in [1.54, 1.807) is 0 Å². The van der Waals surface area contributed by atoms with Gasteiger partial charge in [0.1, 0.15) is 24.2 Å². The Balaban J connectivity index is 3.24. The van der Waals surface area contributed by atoms with Gasteiger partial charge in [0.2, 0.25) is 23.6 Å². The second-order valence-corrected chi connectivity index (χ2v) is 12.1. The number of aromatic amines is 1. The minimum atomic E-state index is -1.30. The number of aromatic nitrogens is 2. The highest BCUT2D eigenvalue weighted by atomic mass is 16.4. The number of imidazole rings is 1. The molecule has 298 valence electrons. The van der Waals surface area contributed by atoms with Gasteiger partial charge in [-0.05, 0) is 64.3 Å². The summed E-state index contributed by atoms with van der Waals surface area (Å²) in [5.41, 5.74) is 44.3. The molecule has 1 heterocycles. The molecule has 0 saturated heterocycles. The van der Waals surface area contributed by atoms with Crippen molar-refractivity contribution >= 4 is 47.5 Å². The number of aliphatic imine (C=N–C) groups is 3. The Labute approximate surface area is 307 Å². The van der Waals surface area contributed by atoms with E-state index in [9.17, 15) is 29.1 Å². The van der Waals surface area contributed by atoms with Gasteiger partial charge >= 0.3 is 5.97 Å². The number of carboxylic acid groups (broad SMARTS) is 1. The van der Waals surface area contributed by atoms with Crippen LogP contribution >= 0.6 is 0 Å². The minimum absolute atomic E-state index is 0.00996. The third-order valence-electron chi connectivity index (χ3n) is 7.63. The lowest BCUT2D eigenvalue weighted by molar-refractivity contribution is -0.142. The molecule has 0 aliphatic carbocycles. The van der Waals surface area contributed by atoms with Gasteiger partial charge in [0.25, 0.3) is 0 Å². The summed E-state index contributed by atoms with van der Waals surface area (Å²) in [5, 5.41) is 20.1. The lowest BCUT2D eigenvalue weighted by Crippen LogP contribution is -2.59. The number of hydrogen-bond acceptors (Lipinski definition) is 11. The predicted molar refractivity (Wildman–Crippen MR) is 198 cm³/mol. The highest BCUT2D eigenvalue weighted by Crippen LogP contribution is 2.08. The fourth-order valence-electron chi connectivity index (χ4n) is 4.87. The van der Waals surface area contributed by atoms with Gasteiger partial charge in [-0.15, -0.1) is 0 Å². The minimum Gasteiger partial charge on any atom is -0.480 e. The molecule has 1 aromatic rings. The maximum Gasteiger partial charge on any atom is 0.326 e. The standard InChI is InChI=1S/C30H57N17O6/c31-10-2-1-7-19(24(49)46-21(27(52)53)9-5-13-42-30(37)38)45-26(51)22(14-17-15-39-16-43-17)47-25(50)20(8-4-12-41-29(35)36)44-23(48)18(32)6-3-11-40-28(33)34/h15-16,18-22H,1-14,31-32H2,(H,39,43)(H,44,48)(H,45,51)(H,46,49)(H,47,50)(H,52,53)(H4,33,34,40)(H4,35,36,41)(H4,37,38,42)/t18-,19-,20-,21-,22-/m0/s1. The highest BCUT2D eigenvalue weighted by molar-refractivity contribution is 5.95. The molecule has 1 rings (SSSR count). The van der Waals surface area contributed by atoms with Crippen LogP contribution in [0.3, 0.4) is 0 Å². The summed E-state index contributed by atoms with van der Waals surface area (Å²) in [7, 11) is 0. The zero-order valence-corrected chi connectivity index (χ0v) is 29.8. The maximum atomic E-state index is 13.8. The summed E-state index contributed by atoms with van der Waals surface area (Å²) < 4.78 is 0. The molecule has 0 radical (unpaired) electrons. The monoisotopic (exact) mass is 751 g/mol. The van der Waals surface area contributed by atoms with Crippen LogP contribution < -0.4 is 67.1 Å². The van der Waals surface area contributed by atoms with E-state index in [1.165, 1.54) is 12.5 Å². The van der Waals surface area contributed by atoms with Crippen molar-refractivity contribution in [3.63, 3.8) is 0 Å². The number of rotatable bonds is 27. The molecule has 0 bridgehead atoms. The number of unbranched alkanes of at least 4 members (excludes halogenated alkanes) is 1. The average Bonchev–Trinajstić information content (AvgIpc) is 3.61. The number of nitrogens with two attached hydrogens (primary N) is 8. The van der Waals surface area contributed by atoms with Gasteiger partial charge in [-0.1, -0.05) is 0 Å². The largest absolute Gasteiger partial charge is 0.480 e. The van der Waals surface area contributed by atoms with Crippen LogP contribution in [0.25, 0.3) is 0 Å². The van der Waals surface area contributed by atoms with Crippen molar-refractivity contribution in [1.82, 2.24) is 31.2 Å². The normalized spacial score (nSPS) is 13.5. The SMILES string of the molecule is NCCCC[C@H](NC(=O)[C@H](Cc1cnc[nH]1)NC(=O)[C@H](CCCN=C(N)N)NC(=O)[C@@H](N)CCCN=C(N)N)C(=O)N[C@@H](CCCN=C(N)N)C(=O)O. The van der Waals surface area contributed by atoms with Crippen molar-refractivity contribution in [3.05, 3.63) is 18.2 Å². The van der Waals surface area contributed by atoms with Gasteiger partial charge in [-0.3, -0.25) is 34.2 Å². The van der Waals surface area contributed by atoms with Crippen molar-refractivity contribution in [2.75, 3.05) is 26.2 Å². The first-order chi connectivity index (χ1) is 25.1. The van der Waals surface area contributed by atoms with Crippen molar-refractivity contribution in [1.29, 1.82) is 0 Å². The fourth-order valence-corrected chi connectivity index (χ4v) is 4.87. The molecule has 0 fully saturated rings. The van der Waals surface area contributed by atoms with Crippen molar-refractivity contribution in [2.24, 2.45) is 60.8 Å². The lowest BCUT2D eigenvalue weighted by atomic mass is 10.0. The van der Waals surface area contributed by atoms with E-state index in [4.69, 9.17) is 45.9 Å². The smallest absolute Gasteiger partial charge is 0.326 e. The zero-order valence-electron chi connectivity index (χ0n) is 29.8. The second kappa shape index (κ2) is 25.3. The van der Waals surface area contributed by atoms with E-state index in [0.717, 1.165) is 0 Å². The van der Waals surface area contributed by atoms with E-state index in [2.05, 4.69) is 46.2 Å². The molecule has 53 heavy (non-hydrogen) atoms. The molecular weight excluding hydrogens is 694 g/mol. The Kier molecular flexibility index (Phi) is 21.6. The number of hydrogen-bond donors (Lipinski definition) is 14. The number of guanidine groups is 3. The molecular formula is C30H57N17O6. The Morgan fingerprint density at radius 2 is 1.08 bits per heavy atom. The van der Waals surface area contributed by atoms with Crippen molar-refractivity contribution in [3.8, 4) is 0 Å². The van der Waals surface area contributed by atoms with Crippen molar-refractivity contribution in [2.45, 2.75) is 94.4 Å². The molecule has 0 aliphatic rings. The number of H-pyrrole nitrogens is 1. The van der Waals surface area contributed by atoms with Gasteiger partial charge in [0.15, 0.2) is 17.9 Å². The van der Waals surface area contributed by atoms with Crippen LogP contribution in [-0.4, -0.2) is 119 Å². The van der Waals surface area contributed by atoms with E-state index >= 15 is 0 Å². The first kappa shape index (κ1) is 45.3. The number of nitrogens with one attached hydrogen (secondary N) is 5. The Bertz CT molecular complexity index is 1380. The second-order valence-electron chi connectivity index (χ2n) is 12.1. The maximum absolute atomic E-state index is 13.8. The first-order valence-corrected chi connectivity index (χ1v) is 17.2. The summed E-state index contributed by atoms with van der Waals surface area (Å²) in [5.74, 6) is -4.57. The average molecular weight is 752 g/mol. The van der Waals surface area contributed by atoms with Gasteiger partial charge in [-0.2, -0.15) is 0 Å². The molecule has 4 amide bonds. The zero-order chi connectivity index (χ0) is 39.8.